The Morgan fingerprint density at radius 2 is 2.12 bits per heavy atom. The molecule has 1 aromatic heterocycles. The van der Waals surface area contributed by atoms with E-state index >= 15 is 0 Å². The third kappa shape index (κ3) is 2.77. The summed E-state index contributed by atoms with van der Waals surface area (Å²) in [6.07, 6.45) is -2.88. The SMILES string of the molecule is COc1cc(I)c(C(F)F)nc1S(N)(=O)=O. The number of aromatic nitrogens is 1. The minimum absolute atomic E-state index is 0.108. The number of nitrogens with zero attached hydrogens (tertiary/aromatic N) is 1. The molecule has 0 bridgehead atoms. The molecule has 0 aliphatic carbocycles. The van der Waals surface area contributed by atoms with E-state index in [2.05, 4.69) is 4.98 Å². The van der Waals surface area contributed by atoms with Gasteiger partial charge in [-0.2, -0.15) is 0 Å². The van der Waals surface area contributed by atoms with Gasteiger partial charge >= 0.3 is 0 Å². The number of methoxy groups -OCH3 is 1. The fraction of sp³-hybridized carbons (Fsp3) is 0.286. The van der Waals surface area contributed by atoms with Crippen molar-refractivity contribution in [2.45, 2.75) is 11.5 Å². The molecule has 5 nitrogen and oxygen atoms in total. The van der Waals surface area contributed by atoms with Gasteiger partial charge in [-0.05, 0) is 28.7 Å². The van der Waals surface area contributed by atoms with Crippen molar-refractivity contribution in [2.75, 3.05) is 7.11 Å². The van der Waals surface area contributed by atoms with E-state index in [1.165, 1.54) is 7.11 Å². The van der Waals surface area contributed by atoms with Gasteiger partial charge in [0, 0.05) is 3.57 Å². The molecule has 0 unspecified atom stereocenters. The molecule has 90 valence electrons. The first-order chi connectivity index (χ1) is 7.27. The normalized spacial score (nSPS) is 11.9. The molecule has 1 aromatic rings. The minimum atomic E-state index is -4.19. The number of pyridine rings is 1. The van der Waals surface area contributed by atoms with Crippen molar-refractivity contribution < 1.29 is 21.9 Å². The lowest BCUT2D eigenvalue weighted by atomic mass is 10.3. The van der Waals surface area contributed by atoms with Crippen LogP contribution in [0.25, 0.3) is 0 Å². The van der Waals surface area contributed by atoms with E-state index in [1.807, 2.05) is 0 Å². The first-order valence-corrected chi connectivity index (χ1v) is 6.45. The lowest BCUT2D eigenvalue weighted by Crippen LogP contribution is -2.17. The molecule has 0 saturated carbocycles. The van der Waals surface area contributed by atoms with Gasteiger partial charge in [-0.3, -0.25) is 0 Å². The highest BCUT2D eigenvalue weighted by Crippen LogP contribution is 2.29. The van der Waals surface area contributed by atoms with Crippen molar-refractivity contribution in [3.8, 4) is 5.75 Å². The summed E-state index contributed by atoms with van der Waals surface area (Å²) in [6, 6.07) is 1.15. The number of ether oxygens (including phenoxy) is 1. The van der Waals surface area contributed by atoms with Crippen LogP contribution in [-0.2, 0) is 10.0 Å². The van der Waals surface area contributed by atoms with Crippen molar-refractivity contribution in [3.63, 3.8) is 0 Å². The van der Waals surface area contributed by atoms with E-state index in [1.54, 1.807) is 22.6 Å². The number of nitrogens with two attached hydrogens (primary N) is 1. The average molecular weight is 364 g/mol. The van der Waals surface area contributed by atoms with Gasteiger partial charge in [-0.25, -0.2) is 27.3 Å². The van der Waals surface area contributed by atoms with E-state index in [-0.39, 0.29) is 9.32 Å². The summed E-state index contributed by atoms with van der Waals surface area (Å²) in [6.45, 7) is 0. The van der Waals surface area contributed by atoms with Crippen LogP contribution in [0.2, 0.25) is 0 Å². The molecular weight excluding hydrogens is 357 g/mol. The van der Waals surface area contributed by atoms with Crippen molar-refractivity contribution in [2.24, 2.45) is 5.14 Å². The molecule has 9 heteroatoms. The molecule has 0 fully saturated rings. The molecule has 0 aliphatic heterocycles. The monoisotopic (exact) mass is 364 g/mol. The highest BCUT2D eigenvalue weighted by Gasteiger charge is 2.23. The summed E-state index contributed by atoms with van der Waals surface area (Å²) >= 11 is 1.61. The molecule has 0 atom stereocenters. The van der Waals surface area contributed by atoms with Crippen LogP contribution in [0.4, 0.5) is 8.78 Å². The van der Waals surface area contributed by atoms with Crippen molar-refractivity contribution in [1.29, 1.82) is 0 Å². The standard InChI is InChI=1S/C7H7F2IN2O3S/c1-15-4-2-3(10)5(6(8)9)12-7(4)16(11,13)14/h2,6H,1H3,(H2,11,13,14). The Balaban J connectivity index is 3.53. The number of hydrogen-bond acceptors (Lipinski definition) is 4. The van der Waals surface area contributed by atoms with E-state index in [0.29, 0.717) is 0 Å². The smallest absolute Gasteiger partial charge is 0.281 e. The maximum absolute atomic E-state index is 12.5. The third-order valence-electron chi connectivity index (χ3n) is 1.63. The Bertz CT molecular complexity index is 507. The average Bonchev–Trinajstić information content (AvgIpc) is 2.14. The van der Waals surface area contributed by atoms with Crippen molar-refractivity contribution in [1.82, 2.24) is 4.98 Å². The summed E-state index contributed by atoms with van der Waals surface area (Å²) in [4.78, 5) is 3.32. The Morgan fingerprint density at radius 1 is 1.56 bits per heavy atom. The summed E-state index contributed by atoms with van der Waals surface area (Å²) < 4.78 is 52.0. The second-order valence-electron chi connectivity index (χ2n) is 2.71. The molecule has 0 aromatic carbocycles. The van der Waals surface area contributed by atoms with Gasteiger partial charge in [0.15, 0.2) is 5.75 Å². The summed E-state index contributed by atoms with van der Waals surface area (Å²) in [7, 11) is -2.99. The molecule has 0 radical (unpaired) electrons. The Kier molecular flexibility index (Phi) is 4.02. The second-order valence-corrected chi connectivity index (χ2v) is 5.35. The lowest BCUT2D eigenvalue weighted by Gasteiger charge is -2.09. The Morgan fingerprint density at radius 3 is 2.50 bits per heavy atom. The maximum atomic E-state index is 12.5. The van der Waals surface area contributed by atoms with Crippen molar-refractivity contribution in [3.05, 3.63) is 15.3 Å². The zero-order valence-corrected chi connectivity index (χ0v) is 10.9. The predicted molar refractivity (Wildman–Crippen MR) is 59.8 cm³/mol. The number of halogens is 3. The van der Waals surface area contributed by atoms with Gasteiger partial charge in [0.1, 0.15) is 5.69 Å². The van der Waals surface area contributed by atoms with Gasteiger partial charge in [0.25, 0.3) is 16.4 Å². The van der Waals surface area contributed by atoms with Crippen LogP contribution in [0.5, 0.6) is 5.75 Å². The number of rotatable bonds is 3. The topological polar surface area (TPSA) is 82.3 Å². The number of primary sulfonamides is 1. The van der Waals surface area contributed by atoms with Gasteiger partial charge in [-0.1, -0.05) is 0 Å². The van der Waals surface area contributed by atoms with Crippen LogP contribution < -0.4 is 9.88 Å². The van der Waals surface area contributed by atoms with E-state index in [4.69, 9.17) is 9.88 Å². The molecular formula is C7H7F2IN2O3S. The van der Waals surface area contributed by atoms with E-state index in [9.17, 15) is 17.2 Å². The fourth-order valence-corrected chi connectivity index (χ4v) is 2.26. The molecule has 0 spiro atoms. The molecule has 0 aliphatic rings. The van der Waals surface area contributed by atoms with Crippen LogP contribution >= 0.6 is 22.6 Å². The predicted octanol–water partition coefficient (Wildman–Crippen LogP) is 1.28. The molecule has 0 saturated heterocycles. The maximum Gasteiger partial charge on any atom is 0.281 e. The third-order valence-corrected chi connectivity index (χ3v) is 3.33. The fourth-order valence-electron chi connectivity index (χ4n) is 0.972. The number of alkyl halides is 2. The molecule has 1 rings (SSSR count). The highest BCUT2D eigenvalue weighted by atomic mass is 127. The van der Waals surface area contributed by atoms with E-state index < -0.39 is 27.2 Å². The second kappa shape index (κ2) is 4.75. The summed E-state index contributed by atoms with van der Waals surface area (Å²) in [5.41, 5.74) is -0.634. The molecule has 0 amide bonds. The molecule has 1 heterocycles. The van der Waals surface area contributed by atoms with E-state index in [0.717, 1.165) is 6.07 Å². The minimum Gasteiger partial charge on any atom is -0.494 e. The number of hydrogen-bond donors (Lipinski definition) is 1. The Hall–Kier alpha value is -0.550. The summed E-state index contributed by atoms with van der Waals surface area (Å²) in [5.74, 6) is -0.156. The zero-order valence-electron chi connectivity index (χ0n) is 7.95. The highest BCUT2D eigenvalue weighted by molar-refractivity contribution is 14.1. The largest absolute Gasteiger partial charge is 0.494 e. The van der Waals surface area contributed by atoms with Crippen molar-refractivity contribution >= 4 is 32.6 Å². The summed E-state index contributed by atoms with van der Waals surface area (Å²) in [5, 5.41) is 4.15. The van der Waals surface area contributed by atoms with Crippen LogP contribution in [0.15, 0.2) is 11.1 Å². The van der Waals surface area contributed by atoms with Crippen LogP contribution in [-0.4, -0.2) is 20.5 Å². The van der Waals surface area contributed by atoms with Gasteiger partial charge < -0.3 is 4.74 Å². The Labute approximate surface area is 104 Å². The zero-order chi connectivity index (χ0) is 12.5. The lowest BCUT2D eigenvalue weighted by molar-refractivity contribution is 0.144. The molecule has 2 N–H and O–H groups in total. The first kappa shape index (κ1) is 13.5. The van der Waals surface area contributed by atoms with Crippen LogP contribution in [0.3, 0.4) is 0 Å². The van der Waals surface area contributed by atoms with Crippen LogP contribution in [0.1, 0.15) is 12.1 Å². The van der Waals surface area contributed by atoms with Gasteiger partial charge in [0.05, 0.1) is 7.11 Å². The van der Waals surface area contributed by atoms with Gasteiger partial charge in [0.2, 0.25) is 5.03 Å². The van der Waals surface area contributed by atoms with Gasteiger partial charge in [-0.15, -0.1) is 0 Å². The number of sulfonamides is 1. The quantitative estimate of drug-likeness (QED) is 0.820. The van der Waals surface area contributed by atoms with Crippen LogP contribution in [0, 0.1) is 3.57 Å². The first-order valence-electron chi connectivity index (χ1n) is 3.82. The molecule has 16 heavy (non-hydrogen) atoms.